The lowest BCUT2D eigenvalue weighted by Gasteiger charge is -2.40. The third-order valence-electron chi connectivity index (χ3n) is 2.36. The Hall–Kier alpha value is -0.890. The van der Waals surface area contributed by atoms with Gasteiger partial charge in [-0.05, 0) is 6.92 Å². The number of hydrogen-bond donors (Lipinski definition) is 4. The van der Waals surface area contributed by atoms with Crippen LogP contribution in [-0.4, -0.2) is 58.5 Å². The molecule has 1 rings (SSSR count). The lowest BCUT2D eigenvalue weighted by molar-refractivity contribution is -0.223. The summed E-state index contributed by atoms with van der Waals surface area (Å²) in [7, 11) is 0. The molecule has 0 aliphatic carbocycles. The zero-order chi connectivity index (χ0) is 11.6. The van der Waals surface area contributed by atoms with E-state index in [0.717, 1.165) is 0 Å². The van der Waals surface area contributed by atoms with Gasteiger partial charge in [0.15, 0.2) is 6.10 Å². The van der Waals surface area contributed by atoms with Gasteiger partial charge in [0.25, 0.3) is 0 Å². The van der Waals surface area contributed by atoms with Gasteiger partial charge >= 0.3 is 6.09 Å². The Bertz CT molecular complexity index is 235. The van der Waals surface area contributed by atoms with Crippen LogP contribution in [0, 0.1) is 0 Å². The van der Waals surface area contributed by atoms with E-state index in [0.29, 0.717) is 0 Å². The van der Waals surface area contributed by atoms with Crippen LogP contribution < -0.4 is 5.73 Å². The Labute approximate surface area is 86.4 Å². The molecule has 7 heteroatoms. The molecule has 1 aliphatic heterocycles. The van der Waals surface area contributed by atoms with Crippen molar-refractivity contribution in [2.75, 3.05) is 6.61 Å². The van der Waals surface area contributed by atoms with E-state index in [1.54, 1.807) is 0 Å². The second kappa shape index (κ2) is 4.75. The van der Waals surface area contributed by atoms with Crippen molar-refractivity contribution in [3.63, 3.8) is 0 Å². The molecule has 5 atom stereocenters. The first-order valence-electron chi connectivity index (χ1n) is 4.56. The van der Waals surface area contributed by atoms with Crippen molar-refractivity contribution in [1.29, 1.82) is 0 Å². The van der Waals surface area contributed by atoms with E-state index in [4.69, 9.17) is 15.6 Å². The first-order valence-corrected chi connectivity index (χ1v) is 4.56. The molecular formula is C8H15NO6. The Morgan fingerprint density at radius 3 is 2.53 bits per heavy atom. The number of rotatable bonds is 2. The van der Waals surface area contributed by atoms with Gasteiger partial charge in [-0.2, -0.15) is 0 Å². The first kappa shape index (κ1) is 12.2. The highest BCUT2D eigenvalue weighted by Crippen LogP contribution is 2.23. The summed E-state index contributed by atoms with van der Waals surface area (Å²) >= 11 is 0. The fraction of sp³-hybridized carbons (Fsp3) is 0.875. The van der Waals surface area contributed by atoms with Crippen LogP contribution in [0.25, 0.3) is 0 Å². The number of amides is 1. The van der Waals surface area contributed by atoms with Crippen molar-refractivity contribution < 1.29 is 29.6 Å². The predicted molar refractivity (Wildman–Crippen MR) is 47.9 cm³/mol. The molecule has 15 heavy (non-hydrogen) atoms. The molecule has 0 saturated carbocycles. The maximum Gasteiger partial charge on any atom is 0.404 e. The summed E-state index contributed by atoms with van der Waals surface area (Å²) < 4.78 is 9.66. The highest BCUT2D eigenvalue weighted by atomic mass is 16.6. The molecule has 0 aromatic rings. The Morgan fingerprint density at radius 2 is 2.07 bits per heavy atom. The second-order valence-corrected chi connectivity index (χ2v) is 3.44. The fourth-order valence-corrected chi connectivity index (χ4v) is 1.54. The number of primary amides is 1. The Kier molecular flexibility index (Phi) is 3.86. The number of hydrogen-bond acceptors (Lipinski definition) is 6. The minimum Gasteiger partial charge on any atom is -0.441 e. The molecule has 5 N–H and O–H groups in total. The molecule has 0 aromatic heterocycles. The van der Waals surface area contributed by atoms with Crippen molar-refractivity contribution in [3.8, 4) is 0 Å². The van der Waals surface area contributed by atoms with Gasteiger partial charge in [-0.15, -0.1) is 0 Å². The summed E-state index contributed by atoms with van der Waals surface area (Å²) in [6.45, 7) is 1.10. The van der Waals surface area contributed by atoms with E-state index >= 15 is 0 Å². The smallest absolute Gasteiger partial charge is 0.404 e. The van der Waals surface area contributed by atoms with Crippen LogP contribution in [0.5, 0.6) is 0 Å². The molecule has 1 fully saturated rings. The number of carbonyl (C=O) groups is 1. The van der Waals surface area contributed by atoms with Crippen molar-refractivity contribution >= 4 is 6.09 Å². The van der Waals surface area contributed by atoms with E-state index in [9.17, 15) is 15.0 Å². The largest absolute Gasteiger partial charge is 0.441 e. The molecule has 1 heterocycles. The van der Waals surface area contributed by atoms with E-state index < -0.39 is 43.2 Å². The molecule has 7 nitrogen and oxygen atoms in total. The van der Waals surface area contributed by atoms with Crippen molar-refractivity contribution in [2.45, 2.75) is 37.4 Å². The fourth-order valence-electron chi connectivity index (χ4n) is 1.54. The number of carbonyl (C=O) groups excluding carboxylic acids is 1. The van der Waals surface area contributed by atoms with Crippen LogP contribution >= 0.6 is 0 Å². The number of ether oxygens (including phenoxy) is 2. The normalized spacial score (nSPS) is 41.2. The summed E-state index contributed by atoms with van der Waals surface area (Å²) in [5.74, 6) is 0. The SMILES string of the molecule is CC1OC(CO)C(O)C(OC(N)=O)C1O. The maximum absolute atomic E-state index is 10.5. The van der Waals surface area contributed by atoms with E-state index in [1.807, 2.05) is 0 Å². The number of aliphatic hydroxyl groups is 3. The zero-order valence-electron chi connectivity index (χ0n) is 8.24. The molecule has 1 amide bonds. The third kappa shape index (κ3) is 2.57. The molecule has 0 aromatic carbocycles. The van der Waals surface area contributed by atoms with Crippen molar-refractivity contribution in [1.82, 2.24) is 0 Å². The monoisotopic (exact) mass is 221 g/mol. The van der Waals surface area contributed by atoms with Gasteiger partial charge in [0.1, 0.15) is 18.3 Å². The van der Waals surface area contributed by atoms with Crippen LogP contribution in [0.3, 0.4) is 0 Å². The first-order chi connectivity index (χ1) is 6.97. The average Bonchev–Trinajstić information content (AvgIpc) is 2.18. The molecule has 0 spiro atoms. The Morgan fingerprint density at radius 1 is 1.47 bits per heavy atom. The number of nitrogens with two attached hydrogens (primary N) is 1. The van der Waals surface area contributed by atoms with Crippen LogP contribution in [0.1, 0.15) is 6.92 Å². The topological polar surface area (TPSA) is 122 Å². The highest BCUT2D eigenvalue weighted by molar-refractivity contribution is 5.65. The lowest BCUT2D eigenvalue weighted by atomic mass is 9.96. The third-order valence-corrected chi connectivity index (χ3v) is 2.36. The molecule has 5 unspecified atom stereocenters. The van der Waals surface area contributed by atoms with Gasteiger partial charge in [-0.3, -0.25) is 0 Å². The van der Waals surface area contributed by atoms with Gasteiger partial charge in [-0.1, -0.05) is 0 Å². The Balaban J connectivity index is 2.74. The van der Waals surface area contributed by atoms with E-state index in [1.165, 1.54) is 6.92 Å². The summed E-state index contributed by atoms with van der Waals surface area (Å²) in [6.07, 6.45) is -6.29. The maximum atomic E-state index is 10.5. The van der Waals surface area contributed by atoms with Crippen LogP contribution in [0.15, 0.2) is 0 Å². The molecule has 1 saturated heterocycles. The summed E-state index contributed by atoms with van der Waals surface area (Å²) in [6, 6.07) is 0. The quantitative estimate of drug-likeness (QED) is 0.426. The molecule has 0 bridgehead atoms. The minimum absolute atomic E-state index is 0.434. The zero-order valence-corrected chi connectivity index (χ0v) is 8.24. The van der Waals surface area contributed by atoms with Gasteiger partial charge in [0.2, 0.25) is 0 Å². The summed E-state index contributed by atoms with van der Waals surface area (Å²) in [5, 5.41) is 28.0. The van der Waals surface area contributed by atoms with Crippen LogP contribution in [-0.2, 0) is 9.47 Å². The minimum atomic E-state index is -1.30. The van der Waals surface area contributed by atoms with Crippen molar-refractivity contribution in [3.05, 3.63) is 0 Å². The lowest BCUT2D eigenvalue weighted by Crippen LogP contribution is -2.59. The molecule has 88 valence electrons. The van der Waals surface area contributed by atoms with E-state index in [-0.39, 0.29) is 0 Å². The van der Waals surface area contributed by atoms with Crippen LogP contribution in [0.2, 0.25) is 0 Å². The average molecular weight is 221 g/mol. The van der Waals surface area contributed by atoms with Crippen LogP contribution in [0.4, 0.5) is 4.79 Å². The van der Waals surface area contributed by atoms with Gasteiger partial charge in [-0.25, -0.2) is 4.79 Å². The van der Waals surface area contributed by atoms with E-state index in [2.05, 4.69) is 4.74 Å². The van der Waals surface area contributed by atoms with Crippen molar-refractivity contribution in [2.24, 2.45) is 5.73 Å². The summed E-state index contributed by atoms with van der Waals surface area (Å²) in [4.78, 5) is 10.5. The molecule has 0 radical (unpaired) electrons. The van der Waals surface area contributed by atoms with Gasteiger partial charge in [0, 0.05) is 0 Å². The molecule has 1 aliphatic rings. The molecular weight excluding hydrogens is 206 g/mol. The predicted octanol–water partition coefficient (Wildman–Crippen LogP) is -2.05. The number of aliphatic hydroxyl groups excluding tert-OH is 3. The standard InChI is InChI=1S/C8H15NO6/c1-3-5(11)7(15-8(9)13)6(12)4(2-10)14-3/h3-7,10-12H,2H2,1H3,(H2,9,13). The van der Waals surface area contributed by atoms with Gasteiger partial charge in [0.05, 0.1) is 12.7 Å². The second-order valence-electron chi connectivity index (χ2n) is 3.44. The highest BCUT2D eigenvalue weighted by Gasteiger charge is 2.44. The summed E-state index contributed by atoms with van der Waals surface area (Å²) in [5.41, 5.74) is 4.79. The van der Waals surface area contributed by atoms with Gasteiger partial charge < -0.3 is 30.5 Å².